The number of rotatable bonds is 3. The van der Waals surface area contributed by atoms with Crippen LogP contribution in [0, 0.1) is 5.82 Å². The molecule has 2 aromatic rings. The lowest BCUT2D eigenvalue weighted by atomic mass is 9.98. The summed E-state index contributed by atoms with van der Waals surface area (Å²) in [5.41, 5.74) is 0.00696. The van der Waals surface area contributed by atoms with Crippen molar-refractivity contribution in [1.29, 1.82) is 0 Å². The monoisotopic (exact) mass is 323 g/mol. The number of tetrazole rings is 1. The first-order chi connectivity index (χ1) is 10.7. The Kier molecular flexibility index (Phi) is 4.33. The molecule has 0 bridgehead atoms. The molecular weight excluding hydrogens is 309 g/mol. The molecule has 1 aliphatic rings. The fraction of sp³-hybridized carbons (Fsp3) is 0.429. The summed E-state index contributed by atoms with van der Waals surface area (Å²) >= 11 is 5.77. The molecule has 1 unspecified atom stereocenters. The first-order valence-corrected chi connectivity index (χ1v) is 7.52. The molecular formula is C14H15ClFN5O. The summed E-state index contributed by atoms with van der Waals surface area (Å²) < 4.78 is 14.1. The quantitative estimate of drug-likeness (QED) is 0.940. The molecule has 6 nitrogen and oxygen atoms in total. The fourth-order valence-electron chi connectivity index (χ4n) is 2.78. The van der Waals surface area contributed by atoms with Gasteiger partial charge in [0.1, 0.15) is 0 Å². The van der Waals surface area contributed by atoms with Gasteiger partial charge in [0.15, 0.2) is 11.6 Å². The number of piperidine rings is 1. The highest BCUT2D eigenvalue weighted by atomic mass is 35.5. The minimum Gasteiger partial charge on any atom is -0.335 e. The Bertz CT molecular complexity index is 663. The van der Waals surface area contributed by atoms with Crippen LogP contribution >= 0.6 is 11.6 Å². The van der Waals surface area contributed by atoms with Gasteiger partial charge in [0.05, 0.1) is 10.6 Å². The molecule has 1 fully saturated rings. The zero-order chi connectivity index (χ0) is 15.5. The van der Waals surface area contributed by atoms with Crippen molar-refractivity contribution in [2.75, 3.05) is 6.54 Å². The van der Waals surface area contributed by atoms with Gasteiger partial charge in [0.25, 0.3) is 5.91 Å². The van der Waals surface area contributed by atoms with Crippen molar-refractivity contribution in [2.24, 2.45) is 0 Å². The summed E-state index contributed by atoms with van der Waals surface area (Å²) in [5, 5.41) is 13.7. The van der Waals surface area contributed by atoms with E-state index in [9.17, 15) is 9.18 Å². The Labute approximate surface area is 131 Å². The summed E-state index contributed by atoms with van der Waals surface area (Å²) in [4.78, 5) is 14.4. The van der Waals surface area contributed by atoms with Crippen LogP contribution in [0.4, 0.5) is 4.39 Å². The van der Waals surface area contributed by atoms with Crippen LogP contribution in [0.25, 0.3) is 0 Å². The van der Waals surface area contributed by atoms with E-state index in [1.165, 1.54) is 12.1 Å². The highest BCUT2D eigenvalue weighted by molar-refractivity contribution is 6.31. The van der Waals surface area contributed by atoms with Gasteiger partial charge in [-0.05, 0) is 31.4 Å². The van der Waals surface area contributed by atoms with Gasteiger partial charge in [0, 0.05) is 19.0 Å². The van der Waals surface area contributed by atoms with E-state index < -0.39 is 5.82 Å². The number of nitrogens with zero attached hydrogens (tertiary/aromatic N) is 4. The second-order valence-corrected chi connectivity index (χ2v) is 5.69. The third-order valence-electron chi connectivity index (χ3n) is 3.88. The fourth-order valence-corrected chi connectivity index (χ4v) is 2.96. The van der Waals surface area contributed by atoms with Crippen molar-refractivity contribution >= 4 is 17.5 Å². The zero-order valence-corrected chi connectivity index (χ0v) is 12.6. The largest absolute Gasteiger partial charge is 0.335 e. The zero-order valence-electron chi connectivity index (χ0n) is 11.8. The van der Waals surface area contributed by atoms with Crippen molar-refractivity contribution in [3.8, 4) is 0 Å². The first-order valence-electron chi connectivity index (χ1n) is 7.14. The minimum atomic E-state index is -0.668. The van der Waals surface area contributed by atoms with Crippen molar-refractivity contribution in [2.45, 2.75) is 31.7 Å². The average molecular weight is 324 g/mol. The molecule has 1 saturated heterocycles. The molecule has 2 heterocycles. The molecule has 22 heavy (non-hydrogen) atoms. The summed E-state index contributed by atoms with van der Waals surface area (Å²) in [7, 11) is 0. The molecule has 1 atom stereocenters. The number of halogens is 2. The van der Waals surface area contributed by atoms with E-state index in [0.717, 1.165) is 19.3 Å². The van der Waals surface area contributed by atoms with Crippen molar-refractivity contribution in [3.63, 3.8) is 0 Å². The molecule has 1 aromatic carbocycles. The van der Waals surface area contributed by atoms with Crippen LogP contribution in [0.5, 0.6) is 0 Å². The Morgan fingerprint density at radius 1 is 1.45 bits per heavy atom. The topological polar surface area (TPSA) is 74.8 Å². The van der Waals surface area contributed by atoms with Crippen LogP contribution in [0.15, 0.2) is 18.2 Å². The summed E-state index contributed by atoms with van der Waals surface area (Å²) in [6, 6.07) is 4.42. The van der Waals surface area contributed by atoms with Crippen LogP contribution in [0.3, 0.4) is 0 Å². The standard InChI is InChI=1S/C14H15ClFN5O/c15-11-6-3-5-10(13(11)16)14(22)21-7-2-1-4-9(21)8-12-17-19-20-18-12/h3,5-6,9H,1-2,4,7-8H2,(H,17,18,19,20). The lowest BCUT2D eigenvalue weighted by Gasteiger charge is -2.35. The van der Waals surface area contributed by atoms with Gasteiger partial charge in [0.2, 0.25) is 0 Å². The Hall–Kier alpha value is -2.02. The molecule has 1 aliphatic heterocycles. The number of hydrogen-bond acceptors (Lipinski definition) is 4. The Balaban J connectivity index is 1.83. The van der Waals surface area contributed by atoms with E-state index in [2.05, 4.69) is 20.6 Å². The minimum absolute atomic E-state index is 0.00696. The van der Waals surface area contributed by atoms with Gasteiger partial charge in [-0.2, -0.15) is 5.21 Å². The van der Waals surface area contributed by atoms with E-state index in [1.807, 2.05) is 0 Å². The van der Waals surface area contributed by atoms with Gasteiger partial charge in [-0.1, -0.05) is 22.9 Å². The number of aromatic nitrogens is 4. The molecule has 3 rings (SSSR count). The van der Waals surface area contributed by atoms with Crippen LogP contribution in [0.2, 0.25) is 5.02 Å². The molecule has 0 saturated carbocycles. The smallest absolute Gasteiger partial charge is 0.257 e. The van der Waals surface area contributed by atoms with Crippen molar-refractivity contribution in [3.05, 3.63) is 40.4 Å². The van der Waals surface area contributed by atoms with Crippen LogP contribution in [-0.4, -0.2) is 44.0 Å². The number of hydrogen-bond donors (Lipinski definition) is 1. The number of nitrogens with one attached hydrogen (secondary N) is 1. The molecule has 1 N–H and O–H groups in total. The predicted molar refractivity (Wildman–Crippen MR) is 78.0 cm³/mol. The summed E-state index contributed by atoms with van der Waals surface area (Å²) in [5.74, 6) is -0.456. The lowest BCUT2D eigenvalue weighted by molar-refractivity contribution is 0.0606. The highest BCUT2D eigenvalue weighted by Crippen LogP contribution is 2.25. The normalized spacial score (nSPS) is 18.5. The molecule has 0 spiro atoms. The molecule has 116 valence electrons. The summed E-state index contributed by atoms with van der Waals surface area (Å²) in [6.07, 6.45) is 3.26. The first kappa shape index (κ1) is 14.9. The number of H-pyrrole nitrogens is 1. The predicted octanol–water partition coefficient (Wildman–Crippen LogP) is 2.23. The van der Waals surface area contributed by atoms with E-state index in [4.69, 9.17) is 11.6 Å². The Morgan fingerprint density at radius 3 is 3.09 bits per heavy atom. The summed E-state index contributed by atoms with van der Waals surface area (Å²) in [6.45, 7) is 0.591. The number of carbonyl (C=O) groups excluding carboxylic acids is 1. The third kappa shape index (κ3) is 2.94. The van der Waals surface area contributed by atoms with Crippen molar-refractivity contribution < 1.29 is 9.18 Å². The maximum absolute atomic E-state index is 14.1. The second kappa shape index (κ2) is 6.39. The van der Waals surface area contributed by atoms with Crippen LogP contribution in [-0.2, 0) is 6.42 Å². The molecule has 1 aromatic heterocycles. The van der Waals surface area contributed by atoms with Crippen LogP contribution in [0.1, 0.15) is 35.4 Å². The third-order valence-corrected chi connectivity index (χ3v) is 4.17. The van der Waals surface area contributed by atoms with Crippen molar-refractivity contribution in [1.82, 2.24) is 25.5 Å². The maximum Gasteiger partial charge on any atom is 0.257 e. The number of likely N-dealkylation sites (tertiary alicyclic amines) is 1. The van der Waals surface area contributed by atoms with Crippen LogP contribution < -0.4 is 0 Å². The SMILES string of the molecule is O=C(c1cccc(Cl)c1F)N1CCCCC1Cc1nn[nH]n1. The van der Waals surface area contributed by atoms with Gasteiger partial charge < -0.3 is 4.90 Å². The molecule has 0 radical (unpaired) electrons. The molecule has 0 aliphatic carbocycles. The number of aromatic amines is 1. The number of amides is 1. The van der Waals surface area contributed by atoms with E-state index in [-0.39, 0.29) is 22.5 Å². The van der Waals surface area contributed by atoms with Gasteiger partial charge >= 0.3 is 0 Å². The van der Waals surface area contributed by atoms with E-state index >= 15 is 0 Å². The van der Waals surface area contributed by atoms with Gasteiger partial charge in [-0.15, -0.1) is 10.2 Å². The van der Waals surface area contributed by atoms with Gasteiger partial charge in [-0.3, -0.25) is 4.79 Å². The lowest BCUT2D eigenvalue weighted by Crippen LogP contribution is -2.45. The molecule has 1 amide bonds. The highest BCUT2D eigenvalue weighted by Gasteiger charge is 2.30. The maximum atomic E-state index is 14.1. The van der Waals surface area contributed by atoms with E-state index in [1.54, 1.807) is 11.0 Å². The Morgan fingerprint density at radius 2 is 2.32 bits per heavy atom. The molecule has 8 heteroatoms. The number of carbonyl (C=O) groups is 1. The second-order valence-electron chi connectivity index (χ2n) is 5.28. The van der Waals surface area contributed by atoms with Gasteiger partial charge in [-0.25, -0.2) is 4.39 Å². The van der Waals surface area contributed by atoms with E-state index in [0.29, 0.717) is 18.8 Å². The average Bonchev–Trinajstić information content (AvgIpc) is 3.03. The number of benzene rings is 1.